The maximum atomic E-state index is 14.2. The zero-order valence-electron chi connectivity index (χ0n) is 8.85. The minimum Gasteiger partial charge on any atom is -0.317 e. The molecule has 0 spiro atoms. The van der Waals surface area contributed by atoms with Crippen LogP contribution in [0.2, 0.25) is 5.02 Å². The molecule has 1 unspecified atom stereocenters. The highest BCUT2D eigenvalue weighted by atomic mass is 35.5. The molecule has 1 fully saturated rings. The Morgan fingerprint density at radius 2 is 2.00 bits per heavy atom. The minimum atomic E-state index is -1.16. The van der Waals surface area contributed by atoms with Gasteiger partial charge in [-0.2, -0.15) is 0 Å². The second-order valence-corrected chi connectivity index (χ2v) is 4.56. The van der Waals surface area contributed by atoms with Crippen LogP contribution in [0.25, 0.3) is 0 Å². The fourth-order valence-electron chi connectivity index (χ4n) is 2.12. The molecule has 0 saturated carbocycles. The van der Waals surface area contributed by atoms with Crippen LogP contribution in [0.3, 0.4) is 0 Å². The van der Waals surface area contributed by atoms with Crippen LogP contribution in [0.4, 0.5) is 8.78 Å². The second-order valence-electron chi connectivity index (χ2n) is 4.16. The first-order chi connectivity index (χ1) is 7.68. The third kappa shape index (κ3) is 2.53. The molecule has 1 saturated heterocycles. The highest BCUT2D eigenvalue weighted by Crippen LogP contribution is 2.36. The van der Waals surface area contributed by atoms with Crippen molar-refractivity contribution in [2.45, 2.75) is 19.0 Å². The summed E-state index contributed by atoms with van der Waals surface area (Å²) in [6.07, 6.45) is 0.382. The van der Waals surface area contributed by atoms with E-state index in [2.05, 4.69) is 5.32 Å². The van der Waals surface area contributed by atoms with Gasteiger partial charge < -0.3 is 5.32 Å². The van der Waals surface area contributed by atoms with E-state index in [0.29, 0.717) is 5.02 Å². The van der Waals surface area contributed by atoms with Crippen LogP contribution in [0, 0.1) is 11.7 Å². The van der Waals surface area contributed by atoms with Crippen LogP contribution in [0.1, 0.15) is 24.6 Å². The average Bonchev–Trinajstić information content (AvgIpc) is 2.32. The first-order valence-corrected chi connectivity index (χ1v) is 5.86. The van der Waals surface area contributed by atoms with E-state index in [0.717, 1.165) is 25.9 Å². The van der Waals surface area contributed by atoms with Crippen LogP contribution in [0.15, 0.2) is 18.2 Å². The molecule has 0 radical (unpaired) electrons. The van der Waals surface area contributed by atoms with Crippen molar-refractivity contribution in [3.63, 3.8) is 0 Å². The molecule has 1 heterocycles. The fourth-order valence-corrected chi connectivity index (χ4v) is 2.34. The van der Waals surface area contributed by atoms with Gasteiger partial charge in [0.05, 0.1) is 0 Å². The highest BCUT2D eigenvalue weighted by molar-refractivity contribution is 6.31. The van der Waals surface area contributed by atoms with E-state index >= 15 is 0 Å². The Morgan fingerprint density at radius 3 is 2.69 bits per heavy atom. The van der Waals surface area contributed by atoms with Crippen LogP contribution in [-0.2, 0) is 0 Å². The Morgan fingerprint density at radius 1 is 1.31 bits per heavy atom. The van der Waals surface area contributed by atoms with Crippen molar-refractivity contribution in [2.24, 2.45) is 5.92 Å². The number of halogens is 3. The lowest BCUT2D eigenvalue weighted by Crippen LogP contribution is -2.29. The maximum absolute atomic E-state index is 14.2. The third-order valence-electron chi connectivity index (χ3n) is 3.05. The molecule has 1 N–H and O–H groups in total. The number of nitrogens with one attached hydrogen (secondary N) is 1. The fraction of sp³-hybridized carbons (Fsp3) is 0.500. The van der Waals surface area contributed by atoms with E-state index in [9.17, 15) is 8.78 Å². The molecule has 0 amide bonds. The summed E-state index contributed by atoms with van der Waals surface area (Å²) in [7, 11) is 0. The first kappa shape index (κ1) is 11.8. The molecule has 0 aromatic heterocycles. The predicted molar refractivity (Wildman–Crippen MR) is 60.9 cm³/mol. The predicted octanol–water partition coefficient (Wildman–Crippen LogP) is 3.49. The molecule has 1 nitrogen and oxygen atoms in total. The van der Waals surface area contributed by atoms with Gasteiger partial charge in [0, 0.05) is 10.6 Å². The number of benzene rings is 1. The van der Waals surface area contributed by atoms with E-state index in [1.807, 2.05) is 0 Å². The summed E-state index contributed by atoms with van der Waals surface area (Å²) in [4.78, 5) is 0. The molecule has 4 heteroatoms. The summed E-state index contributed by atoms with van der Waals surface area (Å²) >= 11 is 5.89. The largest absolute Gasteiger partial charge is 0.317 e. The summed E-state index contributed by atoms with van der Waals surface area (Å²) in [6, 6.07) is 3.87. The third-order valence-corrected chi connectivity index (χ3v) is 3.40. The quantitative estimate of drug-likeness (QED) is 0.841. The van der Waals surface area contributed by atoms with Crippen LogP contribution in [-0.4, -0.2) is 13.1 Å². The minimum absolute atomic E-state index is 0.0550. The maximum Gasteiger partial charge on any atom is 0.130 e. The topological polar surface area (TPSA) is 12.0 Å². The van der Waals surface area contributed by atoms with Crippen molar-refractivity contribution in [3.8, 4) is 0 Å². The van der Waals surface area contributed by atoms with E-state index in [1.54, 1.807) is 0 Å². The number of hydrogen-bond donors (Lipinski definition) is 1. The summed E-state index contributed by atoms with van der Waals surface area (Å²) in [5.74, 6) is -0.489. The first-order valence-electron chi connectivity index (χ1n) is 5.48. The van der Waals surface area contributed by atoms with Crippen LogP contribution in [0.5, 0.6) is 0 Å². The smallest absolute Gasteiger partial charge is 0.130 e. The number of piperidine rings is 1. The normalized spacial score (nSPS) is 19.7. The van der Waals surface area contributed by atoms with E-state index in [-0.39, 0.29) is 11.5 Å². The van der Waals surface area contributed by atoms with E-state index in [4.69, 9.17) is 11.6 Å². The lowest BCUT2D eigenvalue weighted by atomic mass is 9.89. The van der Waals surface area contributed by atoms with E-state index in [1.165, 1.54) is 18.2 Å². The van der Waals surface area contributed by atoms with Gasteiger partial charge in [0.1, 0.15) is 12.0 Å². The van der Waals surface area contributed by atoms with Gasteiger partial charge in [-0.25, -0.2) is 8.78 Å². The lowest BCUT2D eigenvalue weighted by Gasteiger charge is -2.26. The van der Waals surface area contributed by atoms with Gasteiger partial charge in [-0.1, -0.05) is 11.6 Å². The Hall–Kier alpha value is -0.670. The highest BCUT2D eigenvalue weighted by Gasteiger charge is 2.26. The van der Waals surface area contributed by atoms with Gasteiger partial charge in [0.25, 0.3) is 0 Å². The summed E-state index contributed by atoms with van der Waals surface area (Å²) in [5, 5.41) is 3.49. The van der Waals surface area contributed by atoms with Crippen molar-refractivity contribution in [1.82, 2.24) is 5.32 Å². The monoisotopic (exact) mass is 245 g/mol. The molecule has 2 rings (SSSR count). The molecule has 88 valence electrons. The summed E-state index contributed by atoms with van der Waals surface area (Å²) in [6.45, 7) is 1.63. The van der Waals surface area contributed by atoms with Crippen molar-refractivity contribution in [1.29, 1.82) is 0 Å². The van der Waals surface area contributed by atoms with Crippen molar-refractivity contribution >= 4 is 11.6 Å². The van der Waals surface area contributed by atoms with Gasteiger partial charge in [0.2, 0.25) is 0 Å². The molecular weight excluding hydrogens is 232 g/mol. The summed E-state index contributed by atoms with van der Waals surface area (Å²) < 4.78 is 27.2. The molecule has 0 aliphatic carbocycles. The van der Waals surface area contributed by atoms with Gasteiger partial charge >= 0.3 is 0 Å². The van der Waals surface area contributed by atoms with Crippen LogP contribution < -0.4 is 5.32 Å². The summed E-state index contributed by atoms with van der Waals surface area (Å²) in [5.41, 5.74) is 0.286. The van der Waals surface area contributed by atoms with Gasteiger partial charge in [-0.15, -0.1) is 0 Å². The molecule has 1 aromatic carbocycles. The number of alkyl halides is 1. The number of hydrogen-bond acceptors (Lipinski definition) is 1. The Balaban J connectivity index is 2.18. The molecule has 1 aromatic rings. The van der Waals surface area contributed by atoms with Crippen molar-refractivity contribution in [3.05, 3.63) is 34.6 Å². The van der Waals surface area contributed by atoms with Gasteiger partial charge in [-0.3, -0.25) is 0 Å². The van der Waals surface area contributed by atoms with Gasteiger partial charge in [0.15, 0.2) is 0 Å². The zero-order valence-corrected chi connectivity index (χ0v) is 9.61. The van der Waals surface area contributed by atoms with Crippen LogP contribution >= 0.6 is 11.6 Å². The Labute approximate surface area is 98.8 Å². The molecule has 0 bridgehead atoms. The second kappa shape index (κ2) is 5.11. The Kier molecular flexibility index (Phi) is 3.77. The molecule has 16 heavy (non-hydrogen) atoms. The molecular formula is C12H14ClF2N. The van der Waals surface area contributed by atoms with Gasteiger partial charge in [-0.05, 0) is 50.0 Å². The SMILES string of the molecule is Fc1ccc(Cl)c(C(F)C2CCNCC2)c1. The standard InChI is InChI=1S/C12H14ClF2N/c13-11-2-1-9(14)7-10(11)12(15)8-3-5-16-6-4-8/h1-2,7-8,12,16H,3-6H2. The zero-order chi connectivity index (χ0) is 11.5. The lowest BCUT2D eigenvalue weighted by molar-refractivity contribution is 0.190. The van der Waals surface area contributed by atoms with E-state index < -0.39 is 12.0 Å². The molecule has 1 aliphatic heterocycles. The van der Waals surface area contributed by atoms with Crippen molar-refractivity contribution in [2.75, 3.05) is 13.1 Å². The average molecular weight is 246 g/mol. The number of rotatable bonds is 2. The molecule has 1 aliphatic rings. The van der Waals surface area contributed by atoms with Crippen molar-refractivity contribution < 1.29 is 8.78 Å². The molecule has 1 atom stereocenters. The Bertz CT molecular complexity index is 364.